The van der Waals surface area contributed by atoms with Crippen LogP contribution in [0.15, 0.2) is 36.5 Å². The molecule has 0 aliphatic carbocycles. The highest BCUT2D eigenvalue weighted by Gasteiger charge is 2.29. The molecular weight excluding hydrogens is 322 g/mol. The zero-order chi connectivity index (χ0) is 15.7. The first kappa shape index (κ1) is 15.2. The minimum Gasteiger partial charge on any atom is -0.352 e. The van der Waals surface area contributed by atoms with Gasteiger partial charge >= 0.3 is 0 Å². The molecule has 3 rings (SSSR count). The molecule has 1 aliphatic heterocycles. The van der Waals surface area contributed by atoms with E-state index in [-0.39, 0.29) is 17.5 Å². The lowest BCUT2D eigenvalue weighted by molar-refractivity contribution is 0.567. The summed E-state index contributed by atoms with van der Waals surface area (Å²) in [6.07, 6.45) is 1.69. The van der Waals surface area contributed by atoms with Gasteiger partial charge in [0.2, 0.25) is 0 Å². The number of hydrogen-bond donors (Lipinski definition) is 0. The standard InChI is InChI=1S/C15H16ClN3O2S/c1-11-10-22(20,21)8-7-19(11)14-5-6-17-15(18-14)12-3-2-4-13(16)9-12/h2-6,9,11H,7-8,10H2,1H3. The summed E-state index contributed by atoms with van der Waals surface area (Å²) in [5, 5.41) is 0.629. The number of halogens is 1. The minimum absolute atomic E-state index is 0.0964. The molecule has 1 aliphatic rings. The van der Waals surface area contributed by atoms with Crippen molar-refractivity contribution in [3.8, 4) is 11.4 Å². The summed E-state index contributed by atoms with van der Waals surface area (Å²) in [6.45, 7) is 2.35. The van der Waals surface area contributed by atoms with E-state index < -0.39 is 9.84 Å². The second-order valence-electron chi connectivity index (χ2n) is 5.41. The number of aromatic nitrogens is 2. The lowest BCUT2D eigenvalue weighted by atomic mass is 10.2. The third-order valence-electron chi connectivity index (χ3n) is 3.69. The van der Waals surface area contributed by atoms with Crippen LogP contribution >= 0.6 is 11.6 Å². The molecular formula is C15H16ClN3O2S. The summed E-state index contributed by atoms with van der Waals surface area (Å²) in [7, 11) is -2.94. The Morgan fingerprint density at radius 2 is 2.14 bits per heavy atom. The minimum atomic E-state index is -2.94. The molecule has 116 valence electrons. The number of hydrogen-bond acceptors (Lipinski definition) is 5. The van der Waals surface area contributed by atoms with Crippen molar-refractivity contribution in [2.75, 3.05) is 23.0 Å². The van der Waals surface area contributed by atoms with Gasteiger partial charge in [0, 0.05) is 29.4 Å². The Labute approximate surface area is 134 Å². The van der Waals surface area contributed by atoms with Gasteiger partial charge in [0.25, 0.3) is 0 Å². The summed E-state index contributed by atoms with van der Waals surface area (Å²) < 4.78 is 23.4. The highest BCUT2D eigenvalue weighted by atomic mass is 35.5. The maximum Gasteiger partial charge on any atom is 0.161 e. The quantitative estimate of drug-likeness (QED) is 0.842. The number of anilines is 1. The van der Waals surface area contributed by atoms with Crippen molar-refractivity contribution in [3.63, 3.8) is 0 Å². The van der Waals surface area contributed by atoms with Crippen LogP contribution < -0.4 is 4.90 Å². The van der Waals surface area contributed by atoms with Gasteiger partial charge in [-0.25, -0.2) is 18.4 Å². The van der Waals surface area contributed by atoms with Crippen LogP contribution in [0.2, 0.25) is 5.02 Å². The Hall–Kier alpha value is -1.66. The molecule has 1 aromatic carbocycles. The summed E-state index contributed by atoms with van der Waals surface area (Å²) in [5.41, 5.74) is 0.839. The van der Waals surface area contributed by atoms with Gasteiger partial charge in [0.15, 0.2) is 15.7 Å². The fourth-order valence-corrected chi connectivity index (χ4v) is 4.36. The molecule has 0 amide bonds. The zero-order valence-corrected chi connectivity index (χ0v) is 13.7. The molecule has 22 heavy (non-hydrogen) atoms. The maximum absolute atomic E-state index is 11.7. The van der Waals surface area contributed by atoms with Gasteiger partial charge in [0.05, 0.1) is 11.5 Å². The van der Waals surface area contributed by atoms with Crippen LogP contribution in [0.1, 0.15) is 6.92 Å². The monoisotopic (exact) mass is 337 g/mol. The Morgan fingerprint density at radius 1 is 1.32 bits per heavy atom. The fraction of sp³-hybridized carbons (Fsp3) is 0.333. The van der Waals surface area contributed by atoms with Gasteiger partial charge in [-0.2, -0.15) is 0 Å². The molecule has 1 fully saturated rings. The van der Waals surface area contributed by atoms with Gasteiger partial charge in [-0.05, 0) is 25.1 Å². The smallest absolute Gasteiger partial charge is 0.161 e. The topological polar surface area (TPSA) is 63.2 Å². The molecule has 0 N–H and O–H groups in total. The van der Waals surface area contributed by atoms with E-state index in [1.807, 2.05) is 36.1 Å². The number of nitrogens with zero attached hydrogens (tertiary/aromatic N) is 3. The van der Waals surface area contributed by atoms with Crippen molar-refractivity contribution < 1.29 is 8.42 Å². The molecule has 1 unspecified atom stereocenters. The largest absolute Gasteiger partial charge is 0.352 e. The number of rotatable bonds is 2. The molecule has 0 saturated carbocycles. The van der Waals surface area contributed by atoms with E-state index in [1.165, 1.54) is 0 Å². The predicted molar refractivity (Wildman–Crippen MR) is 87.9 cm³/mol. The van der Waals surface area contributed by atoms with Crippen LogP contribution in [-0.2, 0) is 9.84 Å². The normalized spacial score (nSPS) is 20.8. The molecule has 0 bridgehead atoms. The molecule has 7 heteroatoms. The SMILES string of the molecule is CC1CS(=O)(=O)CCN1c1ccnc(-c2cccc(Cl)c2)n1. The van der Waals surface area contributed by atoms with Crippen molar-refractivity contribution in [2.45, 2.75) is 13.0 Å². The molecule has 1 saturated heterocycles. The Kier molecular flexibility index (Phi) is 4.06. The molecule has 1 atom stereocenters. The molecule has 0 spiro atoms. The Bertz CT molecular complexity index is 795. The summed E-state index contributed by atoms with van der Waals surface area (Å²) in [6, 6.07) is 9.07. The molecule has 2 aromatic rings. The average Bonchev–Trinajstić information content (AvgIpc) is 2.46. The first-order valence-corrected chi connectivity index (χ1v) is 9.21. The lowest BCUT2D eigenvalue weighted by Gasteiger charge is -2.34. The third kappa shape index (κ3) is 3.23. The van der Waals surface area contributed by atoms with Gasteiger partial charge in [-0.3, -0.25) is 0 Å². The van der Waals surface area contributed by atoms with Crippen LogP contribution in [0.25, 0.3) is 11.4 Å². The van der Waals surface area contributed by atoms with Crippen LogP contribution in [0, 0.1) is 0 Å². The lowest BCUT2D eigenvalue weighted by Crippen LogP contribution is -2.47. The van der Waals surface area contributed by atoms with Crippen LogP contribution in [0.4, 0.5) is 5.82 Å². The third-order valence-corrected chi connectivity index (χ3v) is 5.72. The van der Waals surface area contributed by atoms with Crippen LogP contribution in [0.5, 0.6) is 0 Å². The summed E-state index contributed by atoms with van der Waals surface area (Å²) >= 11 is 6.01. The van der Waals surface area contributed by atoms with Gasteiger partial charge in [0.1, 0.15) is 5.82 Å². The molecule has 0 radical (unpaired) electrons. The average molecular weight is 338 g/mol. The summed E-state index contributed by atoms with van der Waals surface area (Å²) in [4.78, 5) is 10.9. The van der Waals surface area contributed by atoms with E-state index in [2.05, 4.69) is 9.97 Å². The Morgan fingerprint density at radius 3 is 2.86 bits per heavy atom. The van der Waals surface area contributed by atoms with E-state index in [0.29, 0.717) is 17.4 Å². The van der Waals surface area contributed by atoms with Gasteiger partial charge < -0.3 is 4.90 Å². The van der Waals surface area contributed by atoms with E-state index >= 15 is 0 Å². The second kappa shape index (κ2) is 5.85. The second-order valence-corrected chi connectivity index (χ2v) is 8.07. The highest BCUT2D eigenvalue weighted by Crippen LogP contribution is 2.24. The van der Waals surface area contributed by atoms with Crippen molar-refractivity contribution in [1.29, 1.82) is 0 Å². The first-order chi connectivity index (χ1) is 10.4. The van der Waals surface area contributed by atoms with Crippen molar-refractivity contribution >= 4 is 27.3 Å². The molecule has 5 nitrogen and oxygen atoms in total. The first-order valence-electron chi connectivity index (χ1n) is 7.01. The van der Waals surface area contributed by atoms with E-state index in [0.717, 1.165) is 11.4 Å². The van der Waals surface area contributed by atoms with E-state index in [4.69, 9.17) is 11.6 Å². The number of sulfone groups is 1. The maximum atomic E-state index is 11.7. The van der Waals surface area contributed by atoms with Gasteiger partial charge in [-0.1, -0.05) is 23.7 Å². The van der Waals surface area contributed by atoms with Crippen molar-refractivity contribution in [1.82, 2.24) is 9.97 Å². The number of benzene rings is 1. The molecule has 2 heterocycles. The van der Waals surface area contributed by atoms with E-state index in [9.17, 15) is 8.42 Å². The fourth-order valence-electron chi connectivity index (χ4n) is 2.61. The van der Waals surface area contributed by atoms with Crippen molar-refractivity contribution in [3.05, 3.63) is 41.6 Å². The zero-order valence-electron chi connectivity index (χ0n) is 12.1. The van der Waals surface area contributed by atoms with Crippen LogP contribution in [0.3, 0.4) is 0 Å². The van der Waals surface area contributed by atoms with E-state index in [1.54, 1.807) is 12.3 Å². The molecule has 1 aromatic heterocycles. The van der Waals surface area contributed by atoms with Gasteiger partial charge in [-0.15, -0.1) is 0 Å². The predicted octanol–water partition coefficient (Wildman–Crippen LogP) is 2.42. The highest BCUT2D eigenvalue weighted by molar-refractivity contribution is 7.91. The van der Waals surface area contributed by atoms with Crippen molar-refractivity contribution in [2.24, 2.45) is 0 Å². The summed E-state index contributed by atoms with van der Waals surface area (Å²) in [5.74, 6) is 1.64. The van der Waals surface area contributed by atoms with Crippen LogP contribution in [-0.4, -0.2) is 42.5 Å². The Balaban J connectivity index is 1.92.